The van der Waals surface area contributed by atoms with Gasteiger partial charge in [0.2, 0.25) is 10.0 Å². The van der Waals surface area contributed by atoms with Crippen molar-refractivity contribution in [3.63, 3.8) is 0 Å². The van der Waals surface area contributed by atoms with Crippen molar-refractivity contribution >= 4 is 31.9 Å². The van der Waals surface area contributed by atoms with Gasteiger partial charge in [-0.1, -0.05) is 0 Å². The van der Waals surface area contributed by atoms with Crippen molar-refractivity contribution in [2.45, 2.75) is 10.9 Å². The van der Waals surface area contributed by atoms with E-state index >= 15 is 0 Å². The Morgan fingerprint density at radius 1 is 1.44 bits per heavy atom. The van der Waals surface area contributed by atoms with Crippen molar-refractivity contribution in [2.75, 3.05) is 13.2 Å². The van der Waals surface area contributed by atoms with Crippen molar-refractivity contribution in [3.8, 4) is 0 Å². The van der Waals surface area contributed by atoms with Crippen LogP contribution in [0.5, 0.6) is 0 Å². The number of hydrogen-bond donors (Lipinski definition) is 2. The summed E-state index contributed by atoms with van der Waals surface area (Å²) in [6.45, 7) is 0.702. The first-order valence-corrected chi connectivity index (χ1v) is 7.31. The van der Waals surface area contributed by atoms with Gasteiger partial charge in [0.05, 0.1) is 29.7 Å². The van der Waals surface area contributed by atoms with Crippen LogP contribution in [-0.2, 0) is 14.8 Å². The largest absolute Gasteiger partial charge is 0.478 e. The van der Waals surface area contributed by atoms with Crippen molar-refractivity contribution < 1.29 is 23.1 Å². The average molecular weight is 336 g/mol. The molecule has 98 valence electrons. The van der Waals surface area contributed by atoms with E-state index in [2.05, 4.69) is 20.7 Å². The van der Waals surface area contributed by atoms with Crippen molar-refractivity contribution in [3.05, 3.63) is 28.2 Å². The van der Waals surface area contributed by atoms with E-state index in [0.29, 0.717) is 13.2 Å². The monoisotopic (exact) mass is 335 g/mol. The molecule has 0 atom stereocenters. The molecule has 6 nitrogen and oxygen atoms in total. The molecule has 1 heterocycles. The molecule has 0 spiro atoms. The minimum absolute atomic E-state index is 0.0133. The standard InChI is InChI=1S/C10H10BrNO5S/c11-8-3-6(10(13)14)1-2-9(8)18(15,16)12-7-4-17-5-7/h1-3,7,12H,4-5H2,(H,13,14). The van der Waals surface area contributed by atoms with Gasteiger partial charge in [-0.3, -0.25) is 0 Å². The molecule has 2 rings (SSSR count). The molecule has 1 aliphatic rings. The van der Waals surface area contributed by atoms with Crippen LogP contribution >= 0.6 is 15.9 Å². The first-order chi connectivity index (χ1) is 8.40. The first kappa shape index (κ1) is 13.5. The molecule has 0 saturated carbocycles. The van der Waals surface area contributed by atoms with Crippen LogP contribution < -0.4 is 4.72 Å². The summed E-state index contributed by atoms with van der Waals surface area (Å²) in [5, 5.41) is 8.79. The number of hydrogen-bond acceptors (Lipinski definition) is 4. The van der Waals surface area contributed by atoms with E-state index in [-0.39, 0.29) is 21.0 Å². The highest BCUT2D eigenvalue weighted by Crippen LogP contribution is 2.24. The number of carboxylic acid groups (broad SMARTS) is 1. The maximum absolute atomic E-state index is 12.0. The first-order valence-electron chi connectivity index (χ1n) is 5.03. The lowest BCUT2D eigenvalue weighted by atomic mass is 10.2. The zero-order valence-electron chi connectivity index (χ0n) is 9.09. The minimum atomic E-state index is -3.66. The minimum Gasteiger partial charge on any atom is -0.478 e. The molecule has 2 N–H and O–H groups in total. The average Bonchev–Trinajstić information content (AvgIpc) is 2.23. The summed E-state index contributed by atoms with van der Waals surface area (Å²) < 4.78 is 31.6. The Morgan fingerprint density at radius 3 is 2.56 bits per heavy atom. The molecule has 0 bridgehead atoms. The molecule has 0 aromatic heterocycles. The second kappa shape index (κ2) is 4.96. The summed E-state index contributed by atoms with van der Waals surface area (Å²) in [5.41, 5.74) is 0.0211. The van der Waals surface area contributed by atoms with Crippen LogP contribution in [0.2, 0.25) is 0 Å². The van der Waals surface area contributed by atoms with Gasteiger partial charge in [-0.15, -0.1) is 0 Å². The Hall–Kier alpha value is -0.960. The van der Waals surface area contributed by atoms with Crippen LogP contribution in [0, 0.1) is 0 Å². The zero-order valence-corrected chi connectivity index (χ0v) is 11.5. The lowest BCUT2D eigenvalue weighted by Gasteiger charge is -2.26. The molecule has 8 heteroatoms. The molecule has 0 unspecified atom stereocenters. The van der Waals surface area contributed by atoms with Gasteiger partial charge in [0.15, 0.2) is 0 Å². The highest BCUT2D eigenvalue weighted by atomic mass is 79.9. The van der Waals surface area contributed by atoms with Crippen molar-refractivity contribution in [2.24, 2.45) is 0 Å². The predicted octanol–water partition coefficient (Wildman–Crippen LogP) is 0.824. The van der Waals surface area contributed by atoms with E-state index in [1.807, 2.05) is 0 Å². The summed E-state index contributed by atoms with van der Waals surface area (Å²) in [6, 6.07) is 3.55. The fourth-order valence-electron chi connectivity index (χ4n) is 1.44. The van der Waals surface area contributed by atoms with Gasteiger partial charge < -0.3 is 9.84 Å². The summed E-state index contributed by atoms with van der Waals surface area (Å²) in [5.74, 6) is -1.11. The predicted molar refractivity (Wildman–Crippen MR) is 66.0 cm³/mol. The molecule has 1 aromatic carbocycles. The molecule has 1 fully saturated rings. The highest BCUT2D eigenvalue weighted by molar-refractivity contribution is 9.10. The maximum Gasteiger partial charge on any atom is 0.335 e. The number of benzene rings is 1. The fourth-order valence-corrected chi connectivity index (χ4v) is 3.72. The number of ether oxygens (including phenoxy) is 1. The molecule has 18 heavy (non-hydrogen) atoms. The van der Waals surface area contributed by atoms with E-state index in [1.54, 1.807) is 0 Å². The van der Waals surface area contributed by atoms with E-state index < -0.39 is 16.0 Å². The van der Waals surface area contributed by atoms with Crippen LogP contribution in [0.3, 0.4) is 0 Å². The number of aromatic carboxylic acids is 1. The quantitative estimate of drug-likeness (QED) is 0.849. The van der Waals surface area contributed by atoms with Crippen LogP contribution in [0.4, 0.5) is 0 Å². The lowest BCUT2D eigenvalue weighted by molar-refractivity contribution is 0.00481. The van der Waals surface area contributed by atoms with Gasteiger partial charge in [0.25, 0.3) is 0 Å². The molecule has 1 aliphatic heterocycles. The maximum atomic E-state index is 12.0. The van der Waals surface area contributed by atoms with Gasteiger partial charge in [0, 0.05) is 4.47 Å². The third-order valence-corrected chi connectivity index (χ3v) is 4.93. The summed E-state index contributed by atoms with van der Waals surface area (Å²) >= 11 is 3.07. The van der Waals surface area contributed by atoms with Gasteiger partial charge in [-0.25, -0.2) is 17.9 Å². The van der Waals surface area contributed by atoms with E-state index in [1.165, 1.54) is 18.2 Å². The Bertz CT molecular complexity index is 582. The number of nitrogens with one attached hydrogen (secondary N) is 1. The third-order valence-electron chi connectivity index (χ3n) is 2.43. The lowest BCUT2D eigenvalue weighted by Crippen LogP contribution is -2.48. The number of sulfonamides is 1. The van der Waals surface area contributed by atoms with Crippen LogP contribution in [-0.4, -0.2) is 38.7 Å². The summed E-state index contributed by atoms with van der Waals surface area (Å²) in [6.07, 6.45) is 0. The van der Waals surface area contributed by atoms with Gasteiger partial charge >= 0.3 is 5.97 Å². The van der Waals surface area contributed by atoms with Gasteiger partial charge in [-0.2, -0.15) is 0 Å². The van der Waals surface area contributed by atoms with E-state index in [9.17, 15) is 13.2 Å². The third kappa shape index (κ3) is 2.72. The summed E-state index contributed by atoms with van der Waals surface area (Å²) in [4.78, 5) is 10.8. The normalized spacial score (nSPS) is 16.3. The Kier molecular flexibility index (Phi) is 3.71. The SMILES string of the molecule is O=C(O)c1ccc(S(=O)(=O)NC2COC2)c(Br)c1. The Morgan fingerprint density at radius 2 is 2.11 bits per heavy atom. The van der Waals surface area contributed by atoms with Gasteiger partial charge in [0.1, 0.15) is 0 Å². The fraction of sp³-hybridized carbons (Fsp3) is 0.300. The molecular formula is C10H10BrNO5S. The van der Waals surface area contributed by atoms with E-state index in [0.717, 1.165) is 0 Å². The highest BCUT2D eigenvalue weighted by Gasteiger charge is 2.27. The molecule has 0 aliphatic carbocycles. The van der Waals surface area contributed by atoms with Crippen LogP contribution in [0.15, 0.2) is 27.6 Å². The number of carbonyl (C=O) groups is 1. The number of halogens is 1. The topological polar surface area (TPSA) is 92.7 Å². The van der Waals surface area contributed by atoms with Crippen molar-refractivity contribution in [1.82, 2.24) is 4.72 Å². The van der Waals surface area contributed by atoms with Crippen LogP contribution in [0.1, 0.15) is 10.4 Å². The Labute approximate surface area is 112 Å². The molecule has 0 amide bonds. The summed E-state index contributed by atoms with van der Waals surface area (Å²) in [7, 11) is -3.66. The van der Waals surface area contributed by atoms with Crippen molar-refractivity contribution in [1.29, 1.82) is 0 Å². The number of rotatable bonds is 4. The molecule has 0 radical (unpaired) electrons. The van der Waals surface area contributed by atoms with Gasteiger partial charge in [-0.05, 0) is 34.1 Å². The molecular weight excluding hydrogens is 326 g/mol. The molecule has 1 aromatic rings. The Balaban J connectivity index is 2.29. The molecule has 1 saturated heterocycles. The second-order valence-electron chi connectivity index (χ2n) is 3.81. The number of carboxylic acids is 1. The smallest absolute Gasteiger partial charge is 0.335 e. The zero-order chi connectivity index (χ0) is 13.3. The second-order valence-corrected chi connectivity index (χ2v) is 6.34. The van der Waals surface area contributed by atoms with Crippen LogP contribution in [0.25, 0.3) is 0 Å². The van der Waals surface area contributed by atoms with E-state index in [4.69, 9.17) is 9.84 Å².